The summed E-state index contributed by atoms with van der Waals surface area (Å²) in [5, 5.41) is 71.9. The molecule has 704 valence electrons. The number of carboxylic acid groups (broad SMARTS) is 3. The number of nitriles is 4. The fraction of sp³-hybridized carbons (Fsp3) is 0.330. The van der Waals surface area contributed by atoms with E-state index in [0.29, 0.717) is 93.1 Å². The number of aliphatic imine (C=N–C) groups is 4. The molecule has 2 aliphatic carbocycles. The standard InChI is InChI=1S/C30H30FN4OP.C29H31N3O2.C28H23ClN4O2.C28H29N3O2/c1-19-12-23(17-34-29(19)37(4,5)36)27-24-13-21-15-33-16-22(21)14-26(24)35(28(27)30(2,3)10-11-32)18-20-8-6-7-9-25(20)31;1-29(2,12-13-30)27-26(20-8-10-21(11-9-20)28(33)34)24-14-22-16-31-17-23(22)15-25(24)32(27)18-19-6-4-3-5-7-19;1-28(2,9-10-30)25-24(17-5-7-18(8-6-17)27(34)35)22-12-20-14-31-15-21(20)13-23(22)33(25)16-19-4-3-11-32-26(19)29;1-28(2,12-13-29)26-25(18-8-10-19(11-9-18)27(32)33)23-14-20-16-30-17-21(20)15-24(23)31(26)22-6-4-3-5-7-22/h6-9,12-14,16-17H,10,15,18H2,1-5H3;8-11,14-15,17,19H,3-7,12,16,18H2,1-2H3,(H,33,34);3-8,11-13,15H,9,14,16H2,1-2H3,(H,34,35);8-11,14-15,17,22H,3-7,12,16H2,1-2H3,(H,32,33). The molecule has 2 saturated carbocycles. The molecule has 0 unspecified atom stereocenters. The zero-order valence-corrected chi connectivity index (χ0v) is 82.1. The number of aromatic nitrogens is 6. The Kier molecular flexibility index (Phi) is 27.3. The molecule has 10 heterocycles. The van der Waals surface area contributed by atoms with Crippen molar-refractivity contribution in [2.75, 3.05) is 13.3 Å². The van der Waals surface area contributed by atoms with Gasteiger partial charge in [0.25, 0.3) is 0 Å². The lowest BCUT2D eigenvalue weighted by atomic mass is 9.81. The molecule has 6 aromatic heterocycles. The fourth-order valence-electron chi connectivity index (χ4n) is 21.8. The monoisotopic (exact) mass is 1890 g/mol. The van der Waals surface area contributed by atoms with Crippen LogP contribution in [0.15, 0.2) is 196 Å². The van der Waals surface area contributed by atoms with E-state index in [1.807, 2.05) is 92.4 Å². The van der Waals surface area contributed by atoms with Crippen molar-refractivity contribution >= 4 is 111 Å². The highest BCUT2D eigenvalue weighted by Gasteiger charge is 2.40. The van der Waals surface area contributed by atoms with Gasteiger partial charge < -0.3 is 38.2 Å². The summed E-state index contributed by atoms with van der Waals surface area (Å²) in [6, 6.07) is 61.6. The van der Waals surface area contributed by atoms with Crippen LogP contribution in [0, 0.1) is 64.0 Å². The van der Waals surface area contributed by atoms with Crippen LogP contribution in [-0.2, 0) is 72.0 Å². The highest BCUT2D eigenvalue weighted by Crippen LogP contribution is 2.52. The minimum atomic E-state index is -2.54. The van der Waals surface area contributed by atoms with Crippen LogP contribution in [0.1, 0.15) is 266 Å². The molecule has 3 N–H and O–H groups in total. The van der Waals surface area contributed by atoms with Gasteiger partial charge in [-0.1, -0.05) is 166 Å². The lowest BCUT2D eigenvalue weighted by Gasteiger charge is -2.32. The van der Waals surface area contributed by atoms with Crippen LogP contribution in [-0.4, -0.2) is 99.7 Å². The zero-order valence-electron chi connectivity index (χ0n) is 80.5. The third-order valence-corrected chi connectivity index (χ3v) is 30.3. The van der Waals surface area contributed by atoms with E-state index in [9.17, 15) is 59.7 Å². The molecule has 2 fully saturated rings. The van der Waals surface area contributed by atoms with E-state index in [-0.39, 0.29) is 33.3 Å². The molecule has 0 spiro atoms. The summed E-state index contributed by atoms with van der Waals surface area (Å²) in [7, 11) is -2.54. The van der Waals surface area contributed by atoms with E-state index in [0.717, 1.165) is 130 Å². The highest BCUT2D eigenvalue weighted by atomic mass is 35.5. The Hall–Kier alpha value is -14.3. The van der Waals surface area contributed by atoms with Crippen LogP contribution >= 0.6 is 18.7 Å². The van der Waals surface area contributed by atoms with Gasteiger partial charge in [0.1, 0.15) is 23.5 Å². The minimum absolute atomic E-state index is 0.228. The number of benzene rings is 8. The smallest absolute Gasteiger partial charge is 0.335 e. The number of aryl methyl sites for hydroxylation is 1. The lowest BCUT2D eigenvalue weighted by Crippen LogP contribution is -2.25. The highest BCUT2D eigenvalue weighted by molar-refractivity contribution is 7.70. The number of hydrogen-bond donors (Lipinski definition) is 3. The first-order valence-corrected chi connectivity index (χ1v) is 50.7. The van der Waals surface area contributed by atoms with Gasteiger partial charge in [-0.05, 0) is 222 Å². The molecule has 0 saturated heterocycles. The molecule has 139 heavy (non-hydrogen) atoms. The van der Waals surface area contributed by atoms with Crippen molar-refractivity contribution < 1.29 is 38.7 Å². The summed E-state index contributed by atoms with van der Waals surface area (Å²) in [5.74, 6) is -2.45. The Bertz CT molecular complexity index is 7620. The van der Waals surface area contributed by atoms with Gasteiger partial charge in [-0.3, -0.25) is 25.0 Å². The average molecular weight is 1890 g/mol. The first-order valence-electron chi connectivity index (χ1n) is 47.7. The van der Waals surface area contributed by atoms with Crippen molar-refractivity contribution in [2.45, 2.75) is 226 Å². The Labute approximate surface area is 814 Å². The summed E-state index contributed by atoms with van der Waals surface area (Å²) in [4.78, 5) is 61.2. The van der Waals surface area contributed by atoms with Crippen LogP contribution in [0.3, 0.4) is 0 Å². The van der Waals surface area contributed by atoms with Gasteiger partial charge in [0, 0.05) is 203 Å². The van der Waals surface area contributed by atoms with Gasteiger partial charge in [-0.15, -0.1) is 0 Å². The normalized spacial score (nSPS) is 14.5. The maximum Gasteiger partial charge on any atom is 0.335 e. The number of halogens is 2. The van der Waals surface area contributed by atoms with Crippen LogP contribution in [0.25, 0.3) is 88.1 Å². The van der Waals surface area contributed by atoms with Crippen molar-refractivity contribution in [3.8, 4) is 68.8 Å². The molecule has 0 amide bonds. The lowest BCUT2D eigenvalue weighted by molar-refractivity contribution is 0.0686. The van der Waals surface area contributed by atoms with Crippen molar-refractivity contribution in [1.29, 1.82) is 21.0 Å². The van der Waals surface area contributed by atoms with E-state index >= 15 is 0 Å². The number of pyridine rings is 2. The molecule has 8 aromatic carbocycles. The Morgan fingerprint density at radius 2 is 0.791 bits per heavy atom. The molecule has 4 aliphatic heterocycles. The van der Waals surface area contributed by atoms with Gasteiger partial charge in [0.2, 0.25) is 0 Å². The maximum atomic E-state index is 14.9. The number of rotatable bonds is 23. The summed E-state index contributed by atoms with van der Waals surface area (Å²) in [6.45, 7) is 26.7. The largest absolute Gasteiger partial charge is 0.478 e. The molecule has 0 bridgehead atoms. The number of aromatic carboxylic acids is 3. The van der Waals surface area contributed by atoms with E-state index in [2.05, 4.69) is 176 Å². The van der Waals surface area contributed by atoms with E-state index in [4.69, 9.17) is 11.6 Å². The molecule has 6 aliphatic rings. The van der Waals surface area contributed by atoms with Crippen LogP contribution in [0.2, 0.25) is 5.15 Å². The first-order chi connectivity index (χ1) is 66.6. The average Bonchev–Trinajstić information content (AvgIpc) is 1.58. The second-order valence-electron chi connectivity index (χ2n) is 40.8. The number of carboxylic acids is 3. The molecule has 21 nitrogen and oxygen atoms in total. The summed E-state index contributed by atoms with van der Waals surface area (Å²) < 4.78 is 37.1. The fourth-order valence-corrected chi connectivity index (χ4v) is 23.3. The minimum Gasteiger partial charge on any atom is -0.478 e. The quantitative estimate of drug-likeness (QED) is 0.0397. The second-order valence-corrected chi connectivity index (χ2v) is 44.3. The van der Waals surface area contributed by atoms with Crippen molar-refractivity contribution in [1.82, 2.24) is 28.2 Å². The third kappa shape index (κ3) is 19.2. The molecular weight excluding hydrogens is 1770 g/mol. The maximum absolute atomic E-state index is 14.9. The summed E-state index contributed by atoms with van der Waals surface area (Å²) in [6.07, 6.45) is 25.0. The van der Waals surface area contributed by atoms with Gasteiger partial charge in [-0.2, -0.15) is 21.0 Å². The number of hydrogen-bond acceptors (Lipinski definition) is 14. The predicted octanol–water partition coefficient (Wildman–Crippen LogP) is 26.1. The molecule has 0 atom stereocenters. The van der Waals surface area contributed by atoms with Gasteiger partial charge in [0.05, 0.1) is 80.2 Å². The Morgan fingerprint density at radius 3 is 1.18 bits per heavy atom. The molecule has 24 heteroatoms. The third-order valence-electron chi connectivity index (χ3n) is 28.5. The number of fused-ring (bicyclic) bond motifs is 8. The summed E-state index contributed by atoms with van der Waals surface area (Å²) >= 11 is 6.46. The van der Waals surface area contributed by atoms with Gasteiger partial charge >= 0.3 is 17.9 Å². The van der Waals surface area contributed by atoms with Crippen LogP contribution in [0.5, 0.6) is 0 Å². The predicted molar refractivity (Wildman–Crippen MR) is 553 cm³/mol. The van der Waals surface area contributed by atoms with E-state index in [1.165, 1.54) is 113 Å². The Balaban J connectivity index is 0.000000128. The second kappa shape index (κ2) is 39.3. The van der Waals surface area contributed by atoms with Gasteiger partial charge in [0.15, 0.2) is 0 Å². The molecule has 20 rings (SSSR count). The van der Waals surface area contributed by atoms with Crippen molar-refractivity contribution in [2.24, 2.45) is 25.9 Å². The molecular formula is C115H113ClFN14O7P. The van der Waals surface area contributed by atoms with Gasteiger partial charge in [-0.25, -0.2) is 23.8 Å². The molecule has 14 aromatic rings. The number of carbonyl (C=O) groups is 3. The first kappa shape index (κ1) is 96.4. The van der Waals surface area contributed by atoms with E-state index < -0.39 is 35.9 Å². The summed E-state index contributed by atoms with van der Waals surface area (Å²) in [5.41, 5.74) is 27.9. The Morgan fingerprint density at radius 1 is 0.439 bits per heavy atom. The molecule has 0 radical (unpaired) electrons. The number of nitrogens with zero attached hydrogens (tertiary/aromatic N) is 14. The zero-order chi connectivity index (χ0) is 98.3. The SMILES string of the molecule is CC(C)(CC#N)c1c(-c2ccc(C(=O)O)cc2)c2cc3c(cc2n1C1CCCCC1)C=NC3.CC(C)(CC#N)c1c(-c2ccc(C(=O)O)cc2)c2cc3c(cc2n1CC1CCCCC1)C=NC3.CC(C)(CC#N)c1c(-c2ccc(C(=O)O)cc2)c2cc3c(cc2n1Cc1cccnc1Cl)C=NC3.Cc1cc(-c2c(C(C)(C)CC#N)n(Cc3ccccc3F)c3cc4c(cc23)CN=C4)cnc1P(C)(C)=O. The topological polar surface area (TPSA) is 319 Å². The van der Waals surface area contributed by atoms with Crippen LogP contribution in [0.4, 0.5) is 4.39 Å². The van der Waals surface area contributed by atoms with Crippen LogP contribution < -0.4 is 5.44 Å². The van der Waals surface area contributed by atoms with Crippen molar-refractivity contribution in [3.05, 3.63) is 288 Å². The van der Waals surface area contributed by atoms with E-state index in [1.54, 1.807) is 74.3 Å². The van der Waals surface area contributed by atoms with Crippen molar-refractivity contribution in [3.63, 3.8) is 0 Å².